The third-order valence-electron chi connectivity index (χ3n) is 7.01. The Kier molecular flexibility index (Phi) is 11.9. The highest BCUT2D eigenvalue weighted by molar-refractivity contribution is 7.85. The Morgan fingerprint density at radius 3 is 2.40 bits per heavy atom. The van der Waals surface area contributed by atoms with Crippen LogP contribution in [0.4, 0.5) is 5.82 Å². The highest BCUT2D eigenvalue weighted by Gasteiger charge is 2.45. The molecule has 16 heteroatoms. The molecule has 1 aromatic carbocycles. The SMILES string of the molecule is Nc1ncnc2c1ncn2[C@@H]1O[C@H](COS(=O)(=O)NC(=O)CCCCCCCCCCOc2ccc(Cl)cc2)[C@@H](O)[C@H]1O. The van der Waals surface area contributed by atoms with E-state index in [1.165, 1.54) is 17.2 Å². The number of nitrogens with two attached hydrogens (primary N) is 1. The van der Waals surface area contributed by atoms with Crippen LogP contribution in [-0.2, 0) is 24.0 Å². The molecule has 4 rings (SSSR count). The van der Waals surface area contributed by atoms with Crippen molar-refractivity contribution < 1.29 is 37.1 Å². The smallest absolute Gasteiger partial charge is 0.362 e. The predicted octanol–water partition coefficient (Wildman–Crippen LogP) is 2.65. The monoisotopic (exact) mass is 640 g/mol. The number of rotatable bonds is 17. The number of aliphatic hydroxyl groups is 2. The number of carbonyl (C=O) groups excluding carboxylic acids is 1. The Morgan fingerprint density at radius 1 is 1.00 bits per heavy atom. The quantitative estimate of drug-likeness (QED) is 0.157. The topological polar surface area (TPSA) is 201 Å². The molecule has 3 aromatic rings. The van der Waals surface area contributed by atoms with Gasteiger partial charge in [0, 0.05) is 11.4 Å². The summed E-state index contributed by atoms with van der Waals surface area (Å²) in [6.45, 7) is 0.0309. The fourth-order valence-electron chi connectivity index (χ4n) is 4.70. The molecule has 1 fully saturated rings. The molecule has 0 radical (unpaired) electrons. The molecule has 0 aliphatic carbocycles. The zero-order valence-corrected chi connectivity index (χ0v) is 25.1. The number of carbonyl (C=O) groups is 1. The van der Waals surface area contributed by atoms with Gasteiger partial charge in [0.25, 0.3) is 0 Å². The van der Waals surface area contributed by atoms with Crippen LogP contribution in [0.3, 0.4) is 0 Å². The molecule has 1 aliphatic heterocycles. The molecule has 0 spiro atoms. The maximum absolute atomic E-state index is 12.3. The van der Waals surface area contributed by atoms with E-state index in [9.17, 15) is 23.4 Å². The van der Waals surface area contributed by atoms with Crippen molar-refractivity contribution in [3.05, 3.63) is 41.9 Å². The molecule has 0 bridgehead atoms. The Bertz CT molecular complexity index is 1440. The zero-order chi connectivity index (χ0) is 30.8. The summed E-state index contributed by atoms with van der Waals surface area (Å²) in [4.78, 5) is 24.2. The van der Waals surface area contributed by atoms with E-state index < -0.39 is 47.4 Å². The average molecular weight is 641 g/mol. The van der Waals surface area contributed by atoms with Gasteiger partial charge in [-0.15, -0.1) is 0 Å². The first kappa shape index (κ1) is 32.8. The van der Waals surface area contributed by atoms with E-state index in [0.29, 0.717) is 18.1 Å². The second kappa shape index (κ2) is 15.6. The number of ether oxygens (including phenoxy) is 2. The number of aromatic nitrogens is 4. The number of fused-ring (bicyclic) bond motifs is 1. The highest BCUT2D eigenvalue weighted by Crippen LogP contribution is 2.32. The number of hydrogen-bond acceptors (Lipinski definition) is 12. The lowest BCUT2D eigenvalue weighted by molar-refractivity contribution is -0.119. The highest BCUT2D eigenvalue weighted by atomic mass is 35.5. The van der Waals surface area contributed by atoms with E-state index in [4.69, 9.17) is 31.0 Å². The summed E-state index contributed by atoms with van der Waals surface area (Å²) in [5, 5.41) is 21.6. The molecular weight excluding hydrogens is 604 g/mol. The molecule has 2 aromatic heterocycles. The molecule has 5 N–H and O–H groups in total. The summed E-state index contributed by atoms with van der Waals surface area (Å²) in [6, 6.07) is 7.30. The van der Waals surface area contributed by atoms with Gasteiger partial charge < -0.3 is 25.4 Å². The number of halogens is 1. The number of anilines is 1. The van der Waals surface area contributed by atoms with E-state index in [2.05, 4.69) is 15.0 Å². The molecule has 3 heterocycles. The molecule has 43 heavy (non-hydrogen) atoms. The van der Waals surface area contributed by atoms with Gasteiger partial charge in [-0.3, -0.25) is 13.5 Å². The van der Waals surface area contributed by atoms with Gasteiger partial charge in [0.1, 0.15) is 35.9 Å². The van der Waals surface area contributed by atoms with Crippen molar-refractivity contribution in [3.8, 4) is 5.75 Å². The molecule has 1 aliphatic rings. The van der Waals surface area contributed by atoms with Crippen LogP contribution in [0.15, 0.2) is 36.9 Å². The number of aliphatic hydroxyl groups excluding tert-OH is 2. The third-order valence-corrected chi connectivity index (χ3v) is 8.18. The summed E-state index contributed by atoms with van der Waals surface area (Å²) in [7, 11) is -4.45. The number of amides is 1. The first-order chi connectivity index (χ1) is 20.6. The molecule has 4 atom stereocenters. The first-order valence-corrected chi connectivity index (χ1v) is 16.0. The number of nitrogen functional groups attached to an aromatic ring is 1. The first-order valence-electron chi connectivity index (χ1n) is 14.2. The van der Waals surface area contributed by atoms with Crippen molar-refractivity contribution in [1.82, 2.24) is 24.2 Å². The van der Waals surface area contributed by atoms with E-state index in [1.807, 2.05) is 16.9 Å². The van der Waals surface area contributed by atoms with Crippen LogP contribution in [0.5, 0.6) is 5.75 Å². The summed E-state index contributed by atoms with van der Waals surface area (Å²) < 4.78 is 44.0. The zero-order valence-electron chi connectivity index (χ0n) is 23.5. The van der Waals surface area contributed by atoms with Crippen molar-refractivity contribution in [2.45, 2.75) is 82.3 Å². The minimum Gasteiger partial charge on any atom is -0.494 e. The van der Waals surface area contributed by atoms with Crippen LogP contribution in [0.25, 0.3) is 11.2 Å². The molecule has 1 saturated heterocycles. The van der Waals surface area contributed by atoms with Gasteiger partial charge >= 0.3 is 10.3 Å². The molecular formula is C27H37ClN6O8S. The molecule has 14 nitrogen and oxygen atoms in total. The second-order valence-corrected chi connectivity index (χ2v) is 12.1. The fourth-order valence-corrected chi connectivity index (χ4v) is 5.58. The third kappa shape index (κ3) is 9.45. The minimum atomic E-state index is -4.45. The predicted molar refractivity (Wildman–Crippen MR) is 157 cm³/mol. The van der Waals surface area contributed by atoms with E-state index in [0.717, 1.165) is 50.7 Å². The van der Waals surface area contributed by atoms with Crippen LogP contribution in [0.1, 0.15) is 64.0 Å². The van der Waals surface area contributed by atoms with E-state index >= 15 is 0 Å². The van der Waals surface area contributed by atoms with Gasteiger partial charge in [0.05, 0.1) is 19.5 Å². The van der Waals surface area contributed by atoms with Gasteiger partial charge in [-0.2, -0.15) is 8.42 Å². The summed E-state index contributed by atoms with van der Waals surface area (Å²) in [6.07, 6.45) is 4.86. The van der Waals surface area contributed by atoms with Gasteiger partial charge in [-0.05, 0) is 37.1 Å². The van der Waals surface area contributed by atoms with Gasteiger partial charge in [-0.25, -0.2) is 19.7 Å². The normalized spacial score (nSPS) is 20.4. The minimum absolute atomic E-state index is 0.0344. The van der Waals surface area contributed by atoms with Gasteiger partial charge in [0.2, 0.25) is 5.91 Å². The van der Waals surface area contributed by atoms with Crippen LogP contribution in [-0.4, -0.2) is 75.6 Å². The standard InChI is InChI=1S/C27H37ClN6O8S/c28-18-10-12-19(13-11-18)40-14-8-6-4-2-1-3-5-7-9-21(35)33-43(38,39)41-15-20-23(36)24(37)27(42-20)34-17-32-22-25(29)30-16-31-26(22)34/h10-13,16-17,20,23-24,27,36-37H,1-9,14-15H2,(H,33,35)(H2,29,30,31)/t20-,23-,24-,27-/m1/s1. The van der Waals surface area contributed by atoms with Gasteiger partial charge in [-0.1, -0.05) is 50.1 Å². The number of imidazole rings is 1. The summed E-state index contributed by atoms with van der Waals surface area (Å²) in [5.41, 5.74) is 6.33. The Hall–Kier alpha value is -3.08. The lowest BCUT2D eigenvalue weighted by atomic mass is 10.1. The average Bonchev–Trinajstić information content (AvgIpc) is 3.52. The van der Waals surface area contributed by atoms with Crippen LogP contribution in [0, 0.1) is 0 Å². The summed E-state index contributed by atoms with van der Waals surface area (Å²) in [5.74, 6) is 0.252. The largest absolute Gasteiger partial charge is 0.494 e. The Balaban J connectivity index is 1.06. The van der Waals surface area contributed by atoms with Crippen molar-refractivity contribution >= 4 is 44.8 Å². The fraction of sp³-hybridized carbons (Fsp3) is 0.556. The molecule has 1 amide bonds. The number of unbranched alkanes of at least 4 members (excludes halogenated alkanes) is 7. The Morgan fingerprint density at radius 2 is 1.67 bits per heavy atom. The van der Waals surface area contributed by atoms with Crippen LogP contribution in [0.2, 0.25) is 5.02 Å². The van der Waals surface area contributed by atoms with E-state index in [1.54, 1.807) is 12.1 Å². The number of nitrogens with one attached hydrogen (secondary N) is 1. The number of benzene rings is 1. The lowest BCUT2D eigenvalue weighted by Crippen LogP contribution is -2.37. The van der Waals surface area contributed by atoms with Crippen molar-refractivity contribution in [3.63, 3.8) is 0 Å². The second-order valence-electron chi connectivity index (χ2n) is 10.3. The summed E-state index contributed by atoms with van der Waals surface area (Å²) >= 11 is 5.86. The lowest BCUT2D eigenvalue weighted by Gasteiger charge is -2.16. The maximum Gasteiger partial charge on any atom is 0.362 e. The van der Waals surface area contributed by atoms with E-state index in [-0.39, 0.29) is 23.4 Å². The molecule has 0 saturated carbocycles. The number of nitrogens with zero attached hydrogens (tertiary/aromatic N) is 4. The molecule has 0 unspecified atom stereocenters. The van der Waals surface area contributed by atoms with Crippen molar-refractivity contribution in [2.75, 3.05) is 18.9 Å². The van der Waals surface area contributed by atoms with Crippen LogP contribution >= 0.6 is 11.6 Å². The number of hydrogen-bond donors (Lipinski definition) is 4. The Labute approximate surface area is 254 Å². The van der Waals surface area contributed by atoms with Crippen LogP contribution < -0.4 is 15.2 Å². The van der Waals surface area contributed by atoms with Gasteiger partial charge in [0.15, 0.2) is 17.7 Å². The van der Waals surface area contributed by atoms with Crippen molar-refractivity contribution in [1.29, 1.82) is 0 Å². The maximum atomic E-state index is 12.3. The molecule has 236 valence electrons. The van der Waals surface area contributed by atoms with Crippen molar-refractivity contribution in [2.24, 2.45) is 0 Å².